The fraction of sp³-hybridized carbons (Fsp3) is 0.0435. The molecule has 10 rings (SSSR count). The van der Waals surface area contributed by atoms with E-state index in [4.69, 9.17) is 0 Å². The summed E-state index contributed by atoms with van der Waals surface area (Å²) in [5.41, 5.74) is 17.1. The van der Waals surface area contributed by atoms with Crippen molar-refractivity contribution in [1.82, 2.24) is 4.40 Å². The molecule has 0 spiro atoms. The van der Waals surface area contributed by atoms with Gasteiger partial charge in [0.15, 0.2) is 0 Å². The topological polar surface area (TPSA) is 4.41 Å². The third kappa shape index (κ3) is 3.96. The van der Waals surface area contributed by atoms with Crippen LogP contribution in [0.15, 0.2) is 164 Å². The summed E-state index contributed by atoms with van der Waals surface area (Å²) in [7, 11) is 0. The number of benzene rings is 6. The maximum Gasteiger partial charge on any atom is 0.0456 e. The first-order valence-electron chi connectivity index (χ1n) is 16.6. The Hall–Kier alpha value is -5.92. The molecule has 2 heterocycles. The van der Waals surface area contributed by atoms with Gasteiger partial charge in [-0.1, -0.05) is 133 Å². The van der Waals surface area contributed by atoms with Gasteiger partial charge in [0.25, 0.3) is 0 Å². The summed E-state index contributed by atoms with van der Waals surface area (Å²) < 4.78 is 2.19. The van der Waals surface area contributed by atoms with Crippen LogP contribution in [-0.4, -0.2) is 4.40 Å². The molecule has 2 aromatic heterocycles. The normalized spacial score (nSPS) is 13.4. The van der Waals surface area contributed by atoms with E-state index in [2.05, 4.69) is 168 Å². The second-order valence-corrected chi connectivity index (χ2v) is 12.8. The summed E-state index contributed by atoms with van der Waals surface area (Å²) in [4.78, 5) is 0. The molecule has 0 N–H and O–H groups in total. The third-order valence-electron chi connectivity index (χ3n) is 10.2. The summed E-state index contributed by atoms with van der Waals surface area (Å²) in [6, 6.07) is 49.4. The lowest BCUT2D eigenvalue weighted by molar-refractivity contribution is 1.06. The molecule has 0 radical (unpaired) electrons. The molecule has 0 unspecified atom stereocenters. The van der Waals surface area contributed by atoms with E-state index in [9.17, 15) is 0 Å². The molecule has 1 heteroatoms. The van der Waals surface area contributed by atoms with Crippen molar-refractivity contribution in [3.05, 3.63) is 170 Å². The molecule has 1 nitrogen and oxygen atoms in total. The maximum absolute atomic E-state index is 2.40. The van der Waals surface area contributed by atoms with Crippen molar-refractivity contribution in [2.45, 2.75) is 12.8 Å². The lowest BCUT2D eigenvalue weighted by Gasteiger charge is -2.22. The zero-order valence-corrected chi connectivity index (χ0v) is 25.9. The zero-order chi connectivity index (χ0) is 30.9. The molecule has 2 aliphatic carbocycles. The van der Waals surface area contributed by atoms with Crippen LogP contribution >= 0.6 is 0 Å². The van der Waals surface area contributed by atoms with Gasteiger partial charge < -0.3 is 4.40 Å². The molecule has 0 aliphatic heterocycles. The van der Waals surface area contributed by atoms with Crippen LogP contribution in [0.5, 0.6) is 0 Å². The van der Waals surface area contributed by atoms with Crippen LogP contribution in [0.4, 0.5) is 0 Å². The van der Waals surface area contributed by atoms with Crippen LogP contribution in [0.2, 0.25) is 0 Å². The van der Waals surface area contributed by atoms with E-state index in [1.54, 1.807) is 0 Å². The van der Waals surface area contributed by atoms with Gasteiger partial charge in [-0.25, -0.2) is 0 Å². The van der Waals surface area contributed by atoms with Gasteiger partial charge in [-0.3, -0.25) is 0 Å². The highest BCUT2D eigenvalue weighted by atomic mass is 14.8. The highest BCUT2D eigenvalue weighted by Crippen LogP contribution is 2.58. The summed E-state index contributed by atoms with van der Waals surface area (Å²) in [5.74, 6) is 0. The van der Waals surface area contributed by atoms with E-state index >= 15 is 0 Å². The molecule has 0 amide bonds. The Balaban J connectivity index is 1.22. The van der Waals surface area contributed by atoms with Crippen LogP contribution in [0.25, 0.3) is 88.3 Å². The average Bonchev–Trinajstić information content (AvgIpc) is 3.72. The largest absolute Gasteiger partial charge is 0.323 e. The second kappa shape index (κ2) is 10.3. The van der Waals surface area contributed by atoms with Gasteiger partial charge in [-0.2, -0.15) is 0 Å². The SMILES string of the molecule is C1=CCCC(c2c3c(c(-c4ccccc4)c4ccccc24)-c2cccc4c(-c5ccc(-c6cc7ccccn7c6)cc5)ccc-3c24)=C1. The van der Waals surface area contributed by atoms with Crippen LogP contribution in [0.1, 0.15) is 18.4 Å². The first-order valence-corrected chi connectivity index (χ1v) is 16.6. The number of aromatic nitrogens is 1. The molecular formula is C46H31N. The van der Waals surface area contributed by atoms with E-state index in [1.807, 2.05) is 0 Å². The van der Waals surface area contributed by atoms with E-state index in [0.717, 1.165) is 12.8 Å². The molecule has 0 saturated carbocycles. The van der Waals surface area contributed by atoms with Crippen LogP contribution in [0.3, 0.4) is 0 Å². The molecule has 0 atom stereocenters. The molecule has 220 valence electrons. The third-order valence-corrected chi connectivity index (χ3v) is 10.2. The highest BCUT2D eigenvalue weighted by molar-refractivity contribution is 6.27. The van der Waals surface area contributed by atoms with Crippen molar-refractivity contribution in [3.8, 4) is 55.6 Å². The molecular weight excluding hydrogens is 567 g/mol. The van der Waals surface area contributed by atoms with Crippen LogP contribution in [0, 0.1) is 0 Å². The van der Waals surface area contributed by atoms with Gasteiger partial charge in [-0.05, 0) is 114 Å². The Labute approximate surface area is 274 Å². The molecule has 0 saturated heterocycles. The quantitative estimate of drug-likeness (QED) is 0.190. The minimum atomic E-state index is 1.05. The minimum absolute atomic E-state index is 1.05. The van der Waals surface area contributed by atoms with Crippen molar-refractivity contribution < 1.29 is 0 Å². The summed E-state index contributed by atoms with van der Waals surface area (Å²) in [5, 5.41) is 5.33. The van der Waals surface area contributed by atoms with Crippen molar-refractivity contribution in [2.75, 3.05) is 0 Å². The van der Waals surface area contributed by atoms with E-state index in [0.29, 0.717) is 0 Å². The predicted octanol–water partition coefficient (Wildman–Crippen LogP) is 12.6. The summed E-state index contributed by atoms with van der Waals surface area (Å²) in [6.45, 7) is 0. The van der Waals surface area contributed by atoms with Gasteiger partial charge in [-0.15, -0.1) is 0 Å². The van der Waals surface area contributed by atoms with Crippen molar-refractivity contribution in [2.24, 2.45) is 0 Å². The van der Waals surface area contributed by atoms with E-state index in [-0.39, 0.29) is 0 Å². The number of hydrogen-bond acceptors (Lipinski definition) is 0. The number of nitrogens with zero attached hydrogens (tertiary/aromatic N) is 1. The number of hydrogen-bond donors (Lipinski definition) is 0. The zero-order valence-electron chi connectivity index (χ0n) is 25.9. The Bertz CT molecular complexity index is 2560. The predicted molar refractivity (Wildman–Crippen MR) is 199 cm³/mol. The highest BCUT2D eigenvalue weighted by Gasteiger charge is 2.31. The number of fused-ring (bicyclic) bond motifs is 5. The number of pyridine rings is 1. The number of rotatable bonds is 4. The Morgan fingerprint density at radius 1 is 0.468 bits per heavy atom. The lowest BCUT2D eigenvalue weighted by Crippen LogP contribution is -1.97. The minimum Gasteiger partial charge on any atom is -0.323 e. The number of allylic oxidation sites excluding steroid dienone is 4. The van der Waals surface area contributed by atoms with Crippen molar-refractivity contribution in [3.63, 3.8) is 0 Å². The fourth-order valence-electron chi connectivity index (χ4n) is 8.16. The smallest absolute Gasteiger partial charge is 0.0456 e. The molecule has 2 aliphatic rings. The monoisotopic (exact) mass is 597 g/mol. The second-order valence-electron chi connectivity index (χ2n) is 12.8. The maximum atomic E-state index is 2.40. The Morgan fingerprint density at radius 3 is 1.98 bits per heavy atom. The van der Waals surface area contributed by atoms with Crippen molar-refractivity contribution in [1.29, 1.82) is 0 Å². The van der Waals surface area contributed by atoms with E-state index < -0.39 is 0 Å². The van der Waals surface area contributed by atoms with Gasteiger partial charge in [0, 0.05) is 23.5 Å². The van der Waals surface area contributed by atoms with Gasteiger partial charge in [0.1, 0.15) is 0 Å². The molecule has 0 bridgehead atoms. The van der Waals surface area contributed by atoms with Gasteiger partial charge in [0.2, 0.25) is 0 Å². The van der Waals surface area contributed by atoms with Crippen molar-refractivity contribution >= 4 is 32.6 Å². The molecule has 47 heavy (non-hydrogen) atoms. The van der Waals surface area contributed by atoms with Gasteiger partial charge in [0.05, 0.1) is 0 Å². The fourth-order valence-corrected chi connectivity index (χ4v) is 8.16. The van der Waals surface area contributed by atoms with E-state index in [1.165, 1.54) is 93.8 Å². The lowest BCUT2D eigenvalue weighted by atomic mass is 9.81. The molecule has 0 fully saturated rings. The molecule has 6 aromatic carbocycles. The Morgan fingerprint density at radius 2 is 1.17 bits per heavy atom. The van der Waals surface area contributed by atoms with Gasteiger partial charge >= 0.3 is 0 Å². The molecule has 8 aromatic rings. The summed E-state index contributed by atoms with van der Waals surface area (Å²) in [6.07, 6.45) is 13.3. The summed E-state index contributed by atoms with van der Waals surface area (Å²) >= 11 is 0. The average molecular weight is 598 g/mol. The Kier molecular flexibility index (Phi) is 5.77. The van der Waals surface area contributed by atoms with Crippen LogP contribution in [-0.2, 0) is 0 Å². The standard InChI is InChI=1S/C46H31N/c1-3-12-32(13-4-1)42-38-17-7-8-18-39(38)43(33-14-5-2-6-15-33)46-41-26-25-36(37-19-11-20-40(44(37)41)45(42)46)31-23-21-30(22-24-31)34-28-35-16-9-10-27-47(35)29-34/h1-5,7-14,16-29H,6,15H2. The first kappa shape index (κ1) is 26.3. The van der Waals surface area contributed by atoms with Crippen LogP contribution < -0.4 is 0 Å². The first-order chi connectivity index (χ1) is 23.3.